The highest BCUT2D eigenvalue weighted by atomic mass is 32.2. The Bertz CT molecular complexity index is 862. The van der Waals surface area contributed by atoms with Crippen LogP contribution in [0.2, 0.25) is 0 Å². The van der Waals surface area contributed by atoms with E-state index in [4.69, 9.17) is 5.21 Å². The van der Waals surface area contributed by atoms with Crippen LogP contribution in [-0.2, 0) is 14.8 Å². The van der Waals surface area contributed by atoms with E-state index < -0.39 is 22.5 Å². The number of nitrogens with one attached hydrogen (secondary N) is 2. The first-order valence-electron chi connectivity index (χ1n) is 8.82. The van der Waals surface area contributed by atoms with Crippen LogP contribution in [0.4, 0.5) is 5.69 Å². The van der Waals surface area contributed by atoms with Gasteiger partial charge in [-0.05, 0) is 48.6 Å². The summed E-state index contributed by atoms with van der Waals surface area (Å²) < 4.78 is 26.4. The summed E-state index contributed by atoms with van der Waals surface area (Å²) in [7, 11) is -3.80. The minimum atomic E-state index is -3.80. The van der Waals surface area contributed by atoms with Gasteiger partial charge in [-0.25, -0.2) is 18.6 Å². The maximum atomic E-state index is 12.2. The highest BCUT2D eigenvalue weighted by Crippen LogP contribution is 2.30. The van der Waals surface area contributed by atoms with E-state index in [0.29, 0.717) is 5.92 Å². The van der Waals surface area contributed by atoms with Crippen LogP contribution in [0.1, 0.15) is 24.3 Å². The predicted molar refractivity (Wildman–Crippen MR) is 102 cm³/mol. The molecule has 0 atom stereocenters. The van der Waals surface area contributed by atoms with Crippen molar-refractivity contribution in [2.75, 3.05) is 24.5 Å². The summed E-state index contributed by atoms with van der Waals surface area (Å²) in [5, 5.41) is 8.43. The van der Waals surface area contributed by atoms with Crippen LogP contribution >= 0.6 is 0 Å². The molecule has 0 saturated carbocycles. The zero-order valence-electron chi connectivity index (χ0n) is 14.8. The number of benzene rings is 2. The molecule has 1 aliphatic heterocycles. The molecule has 1 saturated heterocycles. The molecule has 0 bridgehead atoms. The summed E-state index contributed by atoms with van der Waals surface area (Å²) in [6.45, 7) is 1.31. The summed E-state index contributed by atoms with van der Waals surface area (Å²) >= 11 is 0. The van der Waals surface area contributed by atoms with Crippen molar-refractivity contribution in [2.24, 2.45) is 0 Å². The Hall–Kier alpha value is -2.42. The molecule has 1 aliphatic rings. The van der Waals surface area contributed by atoms with Crippen LogP contribution in [0.3, 0.4) is 0 Å². The van der Waals surface area contributed by atoms with Gasteiger partial charge in [0.1, 0.15) is 0 Å². The average molecular weight is 389 g/mol. The van der Waals surface area contributed by atoms with Gasteiger partial charge in [-0.1, -0.05) is 30.3 Å². The summed E-state index contributed by atoms with van der Waals surface area (Å²) in [4.78, 5) is 13.3. The average Bonchev–Trinajstić information content (AvgIpc) is 2.73. The van der Waals surface area contributed by atoms with Gasteiger partial charge in [0.2, 0.25) is 10.0 Å². The van der Waals surface area contributed by atoms with E-state index in [-0.39, 0.29) is 4.90 Å². The predicted octanol–water partition coefficient (Wildman–Crippen LogP) is 1.85. The van der Waals surface area contributed by atoms with Crippen LogP contribution in [0.15, 0.2) is 59.5 Å². The van der Waals surface area contributed by atoms with Gasteiger partial charge in [-0.3, -0.25) is 10.0 Å². The normalized spacial score (nSPS) is 15.5. The molecule has 0 aliphatic carbocycles. The molecule has 0 spiro atoms. The summed E-state index contributed by atoms with van der Waals surface area (Å²) in [5.74, 6) is -0.263. The van der Waals surface area contributed by atoms with Gasteiger partial charge >= 0.3 is 0 Å². The molecule has 144 valence electrons. The molecule has 0 aromatic heterocycles. The Morgan fingerprint density at radius 3 is 2.26 bits per heavy atom. The maximum Gasteiger partial charge on any atom is 0.258 e. The highest BCUT2D eigenvalue weighted by Gasteiger charge is 2.21. The fourth-order valence-corrected chi connectivity index (χ4v) is 4.30. The second kappa shape index (κ2) is 8.51. The first-order chi connectivity index (χ1) is 13.0. The van der Waals surface area contributed by atoms with Crippen LogP contribution < -0.4 is 15.1 Å². The van der Waals surface area contributed by atoms with E-state index in [1.165, 1.54) is 23.2 Å². The third-order valence-electron chi connectivity index (χ3n) is 4.83. The number of anilines is 1. The van der Waals surface area contributed by atoms with Gasteiger partial charge in [0, 0.05) is 18.8 Å². The molecule has 2 aromatic rings. The third-order valence-corrected chi connectivity index (χ3v) is 6.24. The first kappa shape index (κ1) is 19.3. The molecule has 1 fully saturated rings. The number of hydroxylamine groups is 1. The summed E-state index contributed by atoms with van der Waals surface area (Å²) in [6.07, 6.45) is 2.11. The van der Waals surface area contributed by atoms with Crippen molar-refractivity contribution >= 4 is 21.6 Å². The number of piperidine rings is 1. The lowest BCUT2D eigenvalue weighted by Crippen LogP contribution is -2.35. The van der Waals surface area contributed by atoms with Crippen molar-refractivity contribution < 1.29 is 18.4 Å². The third kappa shape index (κ3) is 4.85. The molecule has 7 nitrogen and oxygen atoms in total. The molecule has 8 heteroatoms. The second-order valence-electron chi connectivity index (χ2n) is 6.53. The molecule has 3 N–H and O–H groups in total. The minimum Gasteiger partial charge on any atom is -0.371 e. The molecule has 2 aromatic carbocycles. The van der Waals surface area contributed by atoms with E-state index in [0.717, 1.165) is 31.6 Å². The number of hydrogen-bond donors (Lipinski definition) is 3. The summed E-state index contributed by atoms with van der Waals surface area (Å²) in [6, 6.07) is 17.1. The lowest BCUT2D eigenvalue weighted by atomic mass is 9.89. The van der Waals surface area contributed by atoms with Crippen molar-refractivity contribution in [3.63, 3.8) is 0 Å². The standard InChI is InChI=1S/C19H23N3O4S/c23-19(21-24)14-20-27(25,26)18-8-6-17(7-9-18)22-12-10-16(11-13-22)15-4-2-1-3-5-15/h1-9,16,20,24H,10-14H2,(H,21,23). The van der Waals surface area contributed by atoms with E-state index in [1.54, 1.807) is 12.1 Å². The van der Waals surface area contributed by atoms with Gasteiger partial charge in [0.05, 0.1) is 11.4 Å². The van der Waals surface area contributed by atoms with Crippen LogP contribution in [0.25, 0.3) is 0 Å². The molecular formula is C19H23N3O4S. The quantitative estimate of drug-likeness (QED) is 0.517. The first-order valence-corrected chi connectivity index (χ1v) is 10.3. The fourth-order valence-electron chi connectivity index (χ4n) is 3.32. The van der Waals surface area contributed by atoms with Crippen molar-refractivity contribution in [2.45, 2.75) is 23.7 Å². The molecule has 1 heterocycles. The molecule has 1 amide bonds. The van der Waals surface area contributed by atoms with Gasteiger partial charge in [0.15, 0.2) is 0 Å². The zero-order valence-corrected chi connectivity index (χ0v) is 15.7. The largest absolute Gasteiger partial charge is 0.371 e. The molecular weight excluding hydrogens is 366 g/mol. The number of amides is 1. The summed E-state index contributed by atoms with van der Waals surface area (Å²) in [5.41, 5.74) is 3.74. The number of nitrogens with zero attached hydrogens (tertiary/aromatic N) is 1. The van der Waals surface area contributed by atoms with Crippen molar-refractivity contribution in [1.29, 1.82) is 0 Å². The van der Waals surface area contributed by atoms with Gasteiger partial charge in [-0.15, -0.1) is 0 Å². The van der Waals surface area contributed by atoms with Crippen molar-refractivity contribution in [3.05, 3.63) is 60.2 Å². The topological polar surface area (TPSA) is 98.7 Å². The Balaban J connectivity index is 1.60. The van der Waals surface area contributed by atoms with Crippen LogP contribution in [-0.4, -0.2) is 39.2 Å². The molecule has 3 rings (SSSR count). The maximum absolute atomic E-state index is 12.2. The molecule has 0 radical (unpaired) electrons. The van der Waals surface area contributed by atoms with Gasteiger partial charge in [-0.2, -0.15) is 0 Å². The lowest BCUT2D eigenvalue weighted by molar-refractivity contribution is -0.127. The van der Waals surface area contributed by atoms with Crippen molar-refractivity contribution in [3.8, 4) is 0 Å². The Labute approximate surface area is 159 Å². The molecule has 0 unspecified atom stereocenters. The lowest BCUT2D eigenvalue weighted by Gasteiger charge is -2.34. The number of sulfonamides is 1. The Kier molecular flexibility index (Phi) is 6.10. The van der Waals surface area contributed by atoms with Gasteiger partial charge in [0.25, 0.3) is 5.91 Å². The fraction of sp³-hybridized carbons (Fsp3) is 0.316. The number of rotatable bonds is 6. The van der Waals surface area contributed by atoms with Gasteiger partial charge < -0.3 is 4.90 Å². The SMILES string of the molecule is O=C(CNS(=O)(=O)c1ccc(N2CCC(c3ccccc3)CC2)cc1)NO. The van der Waals surface area contributed by atoms with Crippen LogP contribution in [0.5, 0.6) is 0 Å². The smallest absolute Gasteiger partial charge is 0.258 e. The second-order valence-corrected chi connectivity index (χ2v) is 8.29. The van der Waals surface area contributed by atoms with E-state index in [9.17, 15) is 13.2 Å². The van der Waals surface area contributed by atoms with E-state index in [1.807, 2.05) is 6.07 Å². The Morgan fingerprint density at radius 2 is 1.67 bits per heavy atom. The van der Waals surface area contributed by atoms with Crippen LogP contribution in [0, 0.1) is 0 Å². The zero-order chi connectivity index (χ0) is 19.3. The highest BCUT2D eigenvalue weighted by molar-refractivity contribution is 7.89. The Morgan fingerprint density at radius 1 is 1.04 bits per heavy atom. The monoisotopic (exact) mass is 389 g/mol. The van der Waals surface area contributed by atoms with Crippen molar-refractivity contribution in [1.82, 2.24) is 10.2 Å². The van der Waals surface area contributed by atoms with E-state index >= 15 is 0 Å². The number of carbonyl (C=O) groups excluding carboxylic acids is 1. The number of carbonyl (C=O) groups is 1. The number of hydrogen-bond acceptors (Lipinski definition) is 5. The minimum absolute atomic E-state index is 0.0798. The van der Waals surface area contributed by atoms with E-state index in [2.05, 4.69) is 33.9 Å². The molecule has 27 heavy (non-hydrogen) atoms.